The van der Waals surface area contributed by atoms with Crippen molar-refractivity contribution in [1.29, 1.82) is 0 Å². The summed E-state index contributed by atoms with van der Waals surface area (Å²) in [6, 6.07) is 1.69. The summed E-state index contributed by atoms with van der Waals surface area (Å²) < 4.78 is 0. The molecule has 0 amide bonds. The summed E-state index contributed by atoms with van der Waals surface area (Å²) in [5.41, 5.74) is 0. The van der Waals surface area contributed by atoms with Crippen LogP contribution in [0.2, 0.25) is 0 Å². The lowest BCUT2D eigenvalue weighted by atomic mass is 10.0. The second-order valence-corrected chi connectivity index (χ2v) is 4.84. The van der Waals surface area contributed by atoms with Gasteiger partial charge in [0.15, 0.2) is 0 Å². The monoisotopic (exact) mass is 200 g/mol. The summed E-state index contributed by atoms with van der Waals surface area (Å²) in [6.45, 7) is 7.90. The van der Waals surface area contributed by atoms with Gasteiger partial charge in [-0.1, -0.05) is 6.92 Å². The molecule has 4 unspecified atom stereocenters. The molecule has 0 saturated carbocycles. The Labute approximate surface area is 87.5 Å². The number of nitrogens with zero attached hydrogens (tertiary/aromatic N) is 1. The lowest BCUT2D eigenvalue weighted by molar-refractivity contribution is 0.201. The van der Waals surface area contributed by atoms with Crippen LogP contribution in [0.1, 0.15) is 27.2 Å². The predicted molar refractivity (Wildman–Crippen MR) is 59.3 cm³/mol. The Bertz CT molecular complexity index is 165. The van der Waals surface area contributed by atoms with Crippen molar-refractivity contribution < 1.29 is 5.11 Å². The minimum absolute atomic E-state index is 0.270. The van der Waals surface area contributed by atoms with Gasteiger partial charge in [-0.2, -0.15) is 0 Å². The van der Waals surface area contributed by atoms with E-state index in [0.717, 1.165) is 6.54 Å². The Morgan fingerprint density at radius 3 is 2.57 bits per heavy atom. The van der Waals surface area contributed by atoms with Gasteiger partial charge in [-0.3, -0.25) is 0 Å². The van der Waals surface area contributed by atoms with Crippen molar-refractivity contribution in [1.82, 2.24) is 10.2 Å². The fourth-order valence-electron chi connectivity index (χ4n) is 2.01. The van der Waals surface area contributed by atoms with E-state index in [0.29, 0.717) is 24.0 Å². The fourth-order valence-corrected chi connectivity index (χ4v) is 2.01. The van der Waals surface area contributed by atoms with E-state index in [9.17, 15) is 0 Å². The minimum atomic E-state index is 0.270. The standard InChI is InChI=1S/C11H24N2O/c1-8(7-14)10(3)12-11-5-9(2)13(4)6-11/h8-12,14H,5-7H2,1-4H3. The third kappa shape index (κ3) is 2.94. The number of likely N-dealkylation sites (tertiary alicyclic amines) is 1. The number of hydrogen-bond donors (Lipinski definition) is 2. The van der Waals surface area contributed by atoms with Crippen molar-refractivity contribution in [2.24, 2.45) is 5.92 Å². The van der Waals surface area contributed by atoms with Crippen molar-refractivity contribution in [2.45, 2.75) is 45.3 Å². The molecule has 84 valence electrons. The summed E-state index contributed by atoms with van der Waals surface area (Å²) in [6.07, 6.45) is 1.22. The second-order valence-electron chi connectivity index (χ2n) is 4.84. The van der Waals surface area contributed by atoms with Crippen LogP contribution < -0.4 is 5.32 Å². The van der Waals surface area contributed by atoms with Crippen molar-refractivity contribution in [3.8, 4) is 0 Å². The van der Waals surface area contributed by atoms with E-state index in [2.05, 4.69) is 38.0 Å². The quantitative estimate of drug-likeness (QED) is 0.701. The average Bonchev–Trinajstić information content (AvgIpc) is 2.44. The summed E-state index contributed by atoms with van der Waals surface area (Å²) in [5, 5.41) is 12.6. The largest absolute Gasteiger partial charge is 0.396 e. The highest BCUT2D eigenvalue weighted by atomic mass is 16.3. The molecule has 14 heavy (non-hydrogen) atoms. The Hall–Kier alpha value is -0.120. The molecule has 3 nitrogen and oxygen atoms in total. The molecule has 0 radical (unpaired) electrons. The van der Waals surface area contributed by atoms with Crippen LogP contribution in [0.15, 0.2) is 0 Å². The molecule has 0 bridgehead atoms. The Kier molecular flexibility index (Phi) is 4.35. The van der Waals surface area contributed by atoms with Gasteiger partial charge >= 0.3 is 0 Å². The molecule has 1 aliphatic rings. The molecule has 0 aromatic heterocycles. The highest BCUT2D eigenvalue weighted by molar-refractivity contribution is 4.87. The summed E-state index contributed by atoms with van der Waals surface area (Å²) in [5.74, 6) is 0.344. The molecule has 0 aromatic carbocycles. The smallest absolute Gasteiger partial charge is 0.0471 e. The Morgan fingerprint density at radius 1 is 1.50 bits per heavy atom. The first-order chi connectivity index (χ1) is 6.54. The van der Waals surface area contributed by atoms with Gasteiger partial charge in [0.05, 0.1) is 0 Å². The third-order valence-corrected chi connectivity index (χ3v) is 3.53. The summed E-state index contributed by atoms with van der Waals surface area (Å²) in [4.78, 5) is 2.38. The first kappa shape index (κ1) is 12.0. The highest BCUT2D eigenvalue weighted by Gasteiger charge is 2.27. The fraction of sp³-hybridized carbons (Fsp3) is 1.00. The lowest BCUT2D eigenvalue weighted by Gasteiger charge is -2.23. The highest BCUT2D eigenvalue weighted by Crippen LogP contribution is 2.16. The lowest BCUT2D eigenvalue weighted by Crippen LogP contribution is -2.42. The number of aliphatic hydroxyl groups is 1. The number of hydrogen-bond acceptors (Lipinski definition) is 3. The van der Waals surface area contributed by atoms with Crippen LogP contribution in [0, 0.1) is 5.92 Å². The van der Waals surface area contributed by atoms with Gasteiger partial charge < -0.3 is 15.3 Å². The van der Waals surface area contributed by atoms with Crippen molar-refractivity contribution in [3.63, 3.8) is 0 Å². The molecule has 1 rings (SSSR count). The van der Waals surface area contributed by atoms with Gasteiger partial charge in [-0.25, -0.2) is 0 Å². The van der Waals surface area contributed by atoms with Gasteiger partial charge in [0.25, 0.3) is 0 Å². The van der Waals surface area contributed by atoms with E-state index in [1.54, 1.807) is 0 Å². The van der Waals surface area contributed by atoms with Crippen LogP contribution in [0.4, 0.5) is 0 Å². The van der Waals surface area contributed by atoms with E-state index in [1.807, 2.05) is 0 Å². The maximum Gasteiger partial charge on any atom is 0.0471 e. The number of rotatable bonds is 4. The summed E-state index contributed by atoms with van der Waals surface area (Å²) in [7, 11) is 2.17. The maximum absolute atomic E-state index is 9.03. The van der Waals surface area contributed by atoms with Gasteiger partial charge in [0, 0.05) is 31.3 Å². The van der Waals surface area contributed by atoms with E-state index >= 15 is 0 Å². The van der Waals surface area contributed by atoms with E-state index < -0.39 is 0 Å². The zero-order chi connectivity index (χ0) is 10.7. The maximum atomic E-state index is 9.03. The van der Waals surface area contributed by atoms with Crippen LogP contribution >= 0.6 is 0 Å². The molecule has 4 atom stereocenters. The van der Waals surface area contributed by atoms with E-state index in [-0.39, 0.29) is 6.61 Å². The Balaban J connectivity index is 2.31. The Morgan fingerprint density at radius 2 is 2.14 bits per heavy atom. The van der Waals surface area contributed by atoms with Crippen molar-refractivity contribution >= 4 is 0 Å². The molecule has 1 heterocycles. The molecular formula is C11H24N2O. The zero-order valence-electron chi connectivity index (χ0n) is 9.83. The molecular weight excluding hydrogens is 176 g/mol. The molecule has 0 aliphatic carbocycles. The van der Waals surface area contributed by atoms with E-state index in [1.165, 1.54) is 6.42 Å². The second kappa shape index (κ2) is 5.10. The number of nitrogens with one attached hydrogen (secondary N) is 1. The van der Waals surface area contributed by atoms with Crippen LogP contribution in [0.25, 0.3) is 0 Å². The van der Waals surface area contributed by atoms with Crippen LogP contribution in [-0.4, -0.2) is 48.3 Å². The number of aliphatic hydroxyl groups excluding tert-OH is 1. The van der Waals surface area contributed by atoms with Crippen LogP contribution in [0.3, 0.4) is 0 Å². The topological polar surface area (TPSA) is 35.5 Å². The number of likely N-dealkylation sites (N-methyl/N-ethyl adjacent to an activating group) is 1. The zero-order valence-corrected chi connectivity index (χ0v) is 9.83. The van der Waals surface area contributed by atoms with E-state index in [4.69, 9.17) is 5.11 Å². The summed E-state index contributed by atoms with van der Waals surface area (Å²) >= 11 is 0. The minimum Gasteiger partial charge on any atom is -0.396 e. The van der Waals surface area contributed by atoms with Gasteiger partial charge in [-0.05, 0) is 33.2 Å². The van der Waals surface area contributed by atoms with Crippen molar-refractivity contribution in [3.05, 3.63) is 0 Å². The third-order valence-electron chi connectivity index (χ3n) is 3.53. The molecule has 1 aliphatic heterocycles. The van der Waals surface area contributed by atoms with Gasteiger partial charge in [0.2, 0.25) is 0 Å². The van der Waals surface area contributed by atoms with Gasteiger partial charge in [-0.15, -0.1) is 0 Å². The first-order valence-electron chi connectivity index (χ1n) is 5.61. The van der Waals surface area contributed by atoms with Gasteiger partial charge in [0.1, 0.15) is 0 Å². The molecule has 0 spiro atoms. The predicted octanol–water partition coefficient (Wildman–Crippen LogP) is 0.685. The molecule has 1 fully saturated rings. The molecule has 3 heteroatoms. The molecule has 0 aromatic rings. The molecule has 2 N–H and O–H groups in total. The normalized spacial score (nSPS) is 33.2. The van der Waals surface area contributed by atoms with Crippen LogP contribution in [0.5, 0.6) is 0 Å². The molecule has 1 saturated heterocycles. The van der Waals surface area contributed by atoms with Crippen LogP contribution in [-0.2, 0) is 0 Å². The SMILES string of the molecule is CC(CO)C(C)NC1CC(C)N(C)C1. The van der Waals surface area contributed by atoms with Crippen molar-refractivity contribution in [2.75, 3.05) is 20.2 Å². The first-order valence-corrected chi connectivity index (χ1v) is 5.61. The average molecular weight is 200 g/mol.